The number of carbonyl (C=O) groups is 1. The predicted octanol–water partition coefficient (Wildman–Crippen LogP) is 4.79. The third-order valence-corrected chi connectivity index (χ3v) is 9.43. The second-order valence-electron chi connectivity index (χ2n) is 10.4. The van der Waals surface area contributed by atoms with Crippen LogP contribution in [0.3, 0.4) is 0 Å². The van der Waals surface area contributed by atoms with E-state index in [0.29, 0.717) is 24.7 Å². The molecule has 2 aromatic carbocycles. The van der Waals surface area contributed by atoms with Crippen molar-refractivity contribution in [3.63, 3.8) is 0 Å². The summed E-state index contributed by atoms with van der Waals surface area (Å²) < 4.78 is 84.9. The van der Waals surface area contributed by atoms with Gasteiger partial charge in [0.2, 0.25) is 15.9 Å². The molecule has 44 heavy (non-hydrogen) atoms. The zero-order valence-corrected chi connectivity index (χ0v) is 24.2. The van der Waals surface area contributed by atoms with Crippen molar-refractivity contribution >= 4 is 21.6 Å². The topological polar surface area (TPSA) is 104 Å². The summed E-state index contributed by atoms with van der Waals surface area (Å²) in [6.45, 7) is 1.01. The van der Waals surface area contributed by atoms with Crippen molar-refractivity contribution in [2.75, 3.05) is 25.0 Å². The van der Waals surface area contributed by atoms with Crippen LogP contribution in [0, 0.1) is 23.3 Å². The Morgan fingerprint density at radius 2 is 1.70 bits per heavy atom. The average Bonchev–Trinajstić information content (AvgIpc) is 3.00. The van der Waals surface area contributed by atoms with Crippen molar-refractivity contribution in [3.05, 3.63) is 119 Å². The Kier molecular flexibility index (Phi) is 9.67. The Hall–Kier alpha value is -4.20. The van der Waals surface area contributed by atoms with Crippen LogP contribution >= 0.6 is 0 Å². The van der Waals surface area contributed by atoms with Crippen LogP contribution in [0.15, 0.2) is 84.3 Å². The van der Waals surface area contributed by atoms with E-state index in [2.05, 4.69) is 20.6 Å². The van der Waals surface area contributed by atoms with E-state index in [4.69, 9.17) is 0 Å². The number of aromatic nitrogens is 2. The molecule has 13 heteroatoms. The number of nitrogens with zero attached hydrogens (tertiary/aromatic N) is 3. The molecule has 1 amide bonds. The molecular weight excluding hydrogens is 598 g/mol. The van der Waals surface area contributed by atoms with Crippen LogP contribution in [0.5, 0.6) is 0 Å². The molecule has 3 heterocycles. The van der Waals surface area contributed by atoms with E-state index >= 15 is 4.39 Å². The minimum atomic E-state index is -3.85. The van der Waals surface area contributed by atoms with Crippen molar-refractivity contribution < 1.29 is 30.8 Å². The first-order chi connectivity index (χ1) is 21.1. The maximum atomic E-state index is 15.1. The van der Waals surface area contributed by atoms with Crippen molar-refractivity contribution in [3.8, 4) is 0 Å². The van der Waals surface area contributed by atoms with Crippen LogP contribution in [0.4, 0.5) is 23.2 Å². The Morgan fingerprint density at radius 3 is 2.41 bits per heavy atom. The van der Waals surface area contributed by atoms with Gasteiger partial charge in [0.25, 0.3) is 0 Å². The Balaban J connectivity index is 1.35. The van der Waals surface area contributed by atoms with Gasteiger partial charge in [0, 0.05) is 62.0 Å². The van der Waals surface area contributed by atoms with Gasteiger partial charge < -0.3 is 10.6 Å². The summed E-state index contributed by atoms with van der Waals surface area (Å²) >= 11 is 0. The molecule has 4 aromatic rings. The van der Waals surface area contributed by atoms with Crippen LogP contribution in [0.25, 0.3) is 0 Å². The molecule has 1 fully saturated rings. The van der Waals surface area contributed by atoms with Crippen LogP contribution in [-0.2, 0) is 21.2 Å². The van der Waals surface area contributed by atoms with Gasteiger partial charge in [-0.2, -0.15) is 4.31 Å². The van der Waals surface area contributed by atoms with Crippen molar-refractivity contribution in [2.45, 2.75) is 36.1 Å². The molecule has 8 nitrogen and oxygen atoms in total. The lowest BCUT2D eigenvalue weighted by molar-refractivity contribution is -0.116. The molecule has 1 saturated heterocycles. The molecule has 2 N–H and O–H groups in total. The summed E-state index contributed by atoms with van der Waals surface area (Å²) in [7, 11) is -3.85. The quantitative estimate of drug-likeness (QED) is 0.245. The van der Waals surface area contributed by atoms with E-state index in [1.165, 1.54) is 59.3 Å². The van der Waals surface area contributed by atoms with Crippen LogP contribution in [0.2, 0.25) is 0 Å². The molecule has 0 aliphatic carbocycles. The number of pyridine rings is 2. The third kappa shape index (κ3) is 7.29. The zero-order valence-electron chi connectivity index (χ0n) is 23.4. The van der Waals surface area contributed by atoms with Gasteiger partial charge in [0.1, 0.15) is 28.2 Å². The van der Waals surface area contributed by atoms with Crippen LogP contribution in [-0.4, -0.2) is 54.3 Å². The normalized spacial score (nSPS) is 16.4. The Morgan fingerprint density at radius 1 is 0.955 bits per heavy atom. The van der Waals surface area contributed by atoms with Gasteiger partial charge in [-0.15, -0.1) is 0 Å². The predicted molar refractivity (Wildman–Crippen MR) is 155 cm³/mol. The Bertz CT molecular complexity index is 1710. The highest BCUT2D eigenvalue weighted by atomic mass is 32.2. The van der Waals surface area contributed by atoms with Gasteiger partial charge in [-0.3, -0.25) is 14.8 Å². The van der Waals surface area contributed by atoms with Crippen LogP contribution in [0.1, 0.15) is 35.4 Å². The minimum absolute atomic E-state index is 0.0591. The number of benzene rings is 2. The SMILES string of the molecule is O=C(C[C@@H](c1ccc(F)cc1)c1cc(F)cc(F)c1)Nc1cncc(F)c1CC[C@H]1CNCCN1S(=O)(=O)c1cccnc1. The molecule has 2 aromatic heterocycles. The van der Waals surface area contributed by atoms with Gasteiger partial charge in [-0.1, -0.05) is 12.1 Å². The van der Waals surface area contributed by atoms with Crippen molar-refractivity contribution in [2.24, 2.45) is 0 Å². The number of sulfonamides is 1. The first-order valence-corrected chi connectivity index (χ1v) is 15.3. The minimum Gasteiger partial charge on any atom is -0.324 e. The van der Waals surface area contributed by atoms with E-state index in [0.717, 1.165) is 18.3 Å². The standard InChI is InChI=1S/C31H29F4N5O3S/c32-22-5-3-20(4-6-22)28(21-12-23(33)14-24(34)13-21)15-31(41)39-30-19-38-18-29(35)27(30)8-7-25-16-37-10-11-40(25)44(42,43)26-2-1-9-36-17-26/h1-6,9,12-14,17-19,25,28,37H,7-8,10-11,15-16H2,(H,39,41)/t25-,28-/m0/s1. The molecule has 0 bridgehead atoms. The fourth-order valence-corrected chi connectivity index (χ4v) is 6.98. The van der Waals surface area contributed by atoms with Gasteiger partial charge in [0.05, 0.1) is 18.1 Å². The van der Waals surface area contributed by atoms with E-state index in [-0.39, 0.29) is 47.5 Å². The molecule has 1 aliphatic heterocycles. The number of halogens is 4. The fraction of sp³-hybridized carbons (Fsp3) is 0.258. The zero-order chi connectivity index (χ0) is 31.3. The lowest BCUT2D eigenvalue weighted by atomic mass is 9.88. The molecule has 0 saturated carbocycles. The average molecular weight is 628 g/mol. The molecule has 0 unspecified atom stereocenters. The van der Waals surface area contributed by atoms with E-state index < -0.39 is 51.2 Å². The maximum Gasteiger partial charge on any atom is 0.244 e. The highest BCUT2D eigenvalue weighted by Gasteiger charge is 2.34. The summed E-state index contributed by atoms with van der Waals surface area (Å²) in [6, 6.07) is 10.6. The van der Waals surface area contributed by atoms with E-state index in [1.54, 1.807) is 0 Å². The summed E-state index contributed by atoms with van der Waals surface area (Å²) in [4.78, 5) is 21.1. The van der Waals surface area contributed by atoms with Gasteiger partial charge >= 0.3 is 0 Å². The molecule has 0 spiro atoms. The molecular formula is C31H29F4N5O3S. The summed E-state index contributed by atoms with van der Waals surface area (Å²) in [6.07, 6.45) is 5.06. The molecule has 1 aliphatic rings. The third-order valence-electron chi connectivity index (χ3n) is 7.49. The van der Waals surface area contributed by atoms with Crippen molar-refractivity contribution in [1.29, 1.82) is 0 Å². The molecule has 230 valence electrons. The van der Waals surface area contributed by atoms with Crippen molar-refractivity contribution in [1.82, 2.24) is 19.6 Å². The molecule has 0 radical (unpaired) electrons. The Labute approximate surface area is 252 Å². The number of nitrogens with one attached hydrogen (secondary N) is 2. The van der Waals surface area contributed by atoms with Crippen LogP contribution < -0.4 is 10.6 Å². The monoisotopic (exact) mass is 627 g/mol. The van der Waals surface area contributed by atoms with Gasteiger partial charge in [-0.05, 0) is 60.4 Å². The molecule has 2 atom stereocenters. The highest BCUT2D eigenvalue weighted by molar-refractivity contribution is 7.89. The van der Waals surface area contributed by atoms with E-state index in [1.807, 2.05) is 0 Å². The fourth-order valence-electron chi connectivity index (χ4n) is 5.36. The number of piperazine rings is 1. The summed E-state index contributed by atoms with van der Waals surface area (Å²) in [5, 5.41) is 5.83. The number of hydrogen-bond acceptors (Lipinski definition) is 6. The first-order valence-electron chi connectivity index (χ1n) is 13.9. The number of amides is 1. The smallest absolute Gasteiger partial charge is 0.244 e. The van der Waals surface area contributed by atoms with Gasteiger partial charge in [-0.25, -0.2) is 26.0 Å². The molecule has 5 rings (SSSR count). The summed E-state index contributed by atoms with van der Waals surface area (Å²) in [5.41, 5.74) is 0.835. The maximum absolute atomic E-state index is 15.1. The van der Waals surface area contributed by atoms with Gasteiger partial charge in [0.15, 0.2) is 0 Å². The number of anilines is 1. The number of hydrogen-bond donors (Lipinski definition) is 2. The lowest BCUT2D eigenvalue weighted by Crippen LogP contribution is -2.53. The second kappa shape index (κ2) is 13.6. The highest BCUT2D eigenvalue weighted by Crippen LogP contribution is 2.31. The summed E-state index contributed by atoms with van der Waals surface area (Å²) in [5.74, 6) is -4.31. The lowest BCUT2D eigenvalue weighted by Gasteiger charge is -2.35. The number of rotatable bonds is 10. The van der Waals surface area contributed by atoms with E-state index in [9.17, 15) is 26.4 Å². The first kappa shape index (κ1) is 31.2. The second-order valence-corrected chi connectivity index (χ2v) is 12.3. The number of carbonyl (C=O) groups excluding carboxylic acids is 1. The largest absolute Gasteiger partial charge is 0.324 e.